The smallest absolute Gasteiger partial charge is 0.303 e. The zero-order valence-corrected chi connectivity index (χ0v) is 10.5. The maximum atomic E-state index is 11.0. The van der Waals surface area contributed by atoms with Gasteiger partial charge in [0.15, 0.2) is 0 Å². The molecule has 1 saturated heterocycles. The molecule has 0 bridgehead atoms. The highest BCUT2D eigenvalue weighted by molar-refractivity contribution is 5.94. The van der Waals surface area contributed by atoms with E-state index in [4.69, 9.17) is 10.8 Å². The van der Waals surface area contributed by atoms with Crippen molar-refractivity contribution in [2.45, 2.75) is 6.42 Å². The molecule has 8 heteroatoms. The summed E-state index contributed by atoms with van der Waals surface area (Å²) in [6.07, 6.45) is 0.0453. The van der Waals surface area contributed by atoms with Crippen LogP contribution in [0.15, 0.2) is 18.2 Å². The molecule has 0 aromatic heterocycles. The van der Waals surface area contributed by atoms with Crippen LogP contribution in [-0.2, 0) is 4.79 Å². The van der Waals surface area contributed by atoms with Gasteiger partial charge < -0.3 is 15.7 Å². The van der Waals surface area contributed by atoms with Crippen molar-refractivity contribution < 1.29 is 19.6 Å². The lowest BCUT2D eigenvalue weighted by Crippen LogP contribution is -2.47. The number of anilines is 1. The number of carbonyl (C=O) groups excluding carboxylic acids is 1. The number of carboxylic acids is 1. The number of nitrogens with zero attached hydrogens (tertiary/aromatic N) is 2. The second kappa shape index (κ2) is 5.16. The second-order valence-corrected chi connectivity index (χ2v) is 4.69. The van der Waals surface area contributed by atoms with Crippen LogP contribution in [0.1, 0.15) is 16.8 Å². The predicted molar refractivity (Wildman–Crippen MR) is 69.6 cm³/mol. The van der Waals surface area contributed by atoms with Crippen LogP contribution in [0, 0.1) is 16.0 Å². The summed E-state index contributed by atoms with van der Waals surface area (Å²) in [5.41, 5.74) is 5.34. The molecule has 2 rings (SSSR count). The lowest BCUT2D eigenvalue weighted by atomic mass is 9.95. The summed E-state index contributed by atoms with van der Waals surface area (Å²) in [4.78, 5) is 33.8. The molecule has 1 aliphatic heterocycles. The average Bonchev–Trinajstić information content (AvgIpc) is 2.32. The Hall–Kier alpha value is -2.64. The highest BCUT2D eigenvalue weighted by Gasteiger charge is 2.32. The zero-order valence-electron chi connectivity index (χ0n) is 10.5. The van der Waals surface area contributed by atoms with Crippen molar-refractivity contribution in [2.24, 2.45) is 11.7 Å². The molecule has 1 amide bonds. The first kappa shape index (κ1) is 13.8. The van der Waals surface area contributed by atoms with Gasteiger partial charge >= 0.3 is 5.97 Å². The minimum absolute atomic E-state index is 0.0112. The average molecular weight is 279 g/mol. The predicted octanol–water partition coefficient (Wildman–Crippen LogP) is 0.605. The molecular weight excluding hydrogens is 266 g/mol. The molecule has 1 heterocycles. The minimum Gasteiger partial charge on any atom is -0.481 e. The van der Waals surface area contributed by atoms with Crippen molar-refractivity contribution in [1.29, 1.82) is 0 Å². The Kier molecular flexibility index (Phi) is 3.55. The number of benzene rings is 1. The fourth-order valence-electron chi connectivity index (χ4n) is 2.23. The summed E-state index contributed by atoms with van der Waals surface area (Å²) in [5.74, 6) is -1.62. The Labute approximate surface area is 113 Å². The third kappa shape index (κ3) is 2.68. The summed E-state index contributed by atoms with van der Waals surface area (Å²) in [6, 6.07) is 4.03. The van der Waals surface area contributed by atoms with Crippen LogP contribution in [0.25, 0.3) is 0 Å². The Morgan fingerprint density at radius 3 is 2.60 bits per heavy atom. The van der Waals surface area contributed by atoms with Crippen molar-refractivity contribution >= 4 is 23.3 Å². The van der Waals surface area contributed by atoms with Gasteiger partial charge in [-0.15, -0.1) is 0 Å². The molecule has 106 valence electrons. The van der Waals surface area contributed by atoms with E-state index in [-0.39, 0.29) is 23.6 Å². The van der Waals surface area contributed by atoms with E-state index in [0.717, 1.165) is 6.07 Å². The first-order valence-electron chi connectivity index (χ1n) is 5.93. The fraction of sp³-hybridized carbons (Fsp3) is 0.333. The van der Waals surface area contributed by atoms with Gasteiger partial charge in [-0.1, -0.05) is 0 Å². The third-order valence-electron chi connectivity index (χ3n) is 3.22. The molecule has 3 N–H and O–H groups in total. The van der Waals surface area contributed by atoms with Crippen LogP contribution in [0.2, 0.25) is 0 Å². The van der Waals surface area contributed by atoms with Gasteiger partial charge in [0.05, 0.1) is 11.3 Å². The van der Waals surface area contributed by atoms with Crippen LogP contribution in [-0.4, -0.2) is 35.0 Å². The number of amides is 1. The maximum absolute atomic E-state index is 11.0. The van der Waals surface area contributed by atoms with Crippen LogP contribution in [0.5, 0.6) is 0 Å². The van der Waals surface area contributed by atoms with E-state index in [1.807, 2.05) is 0 Å². The largest absolute Gasteiger partial charge is 0.481 e. The first-order valence-corrected chi connectivity index (χ1v) is 5.93. The van der Waals surface area contributed by atoms with Crippen LogP contribution in [0.4, 0.5) is 11.4 Å². The fourth-order valence-corrected chi connectivity index (χ4v) is 2.23. The van der Waals surface area contributed by atoms with Gasteiger partial charge in [0.25, 0.3) is 5.69 Å². The Balaban J connectivity index is 2.19. The monoisotopic (exact) mass is 279 g/mol. The molecule has 8 nitrogen and oxygen atoms in total. The Morgan fingerprint density at radius 2 is 2.10 bits per heavy atom. The van der Waals surface area contributed by atoms with E-state index in [9.17, 15) is 19.7 Å². The topological polar surface area (TPSA) is 127 Å². The summed E-state index contributed by atoms with van der Waals surface area (Å²) in [7, 11) is 0. The van der Waals surface area contributed by atoms with E-state index in [2.05, 4.69) is 0 Å². The maximum Gasteiger partial charge on any atom is 0.303 e. The lowest BCUT2D eigenvalue weighted by Gasteiger charge is -2.40. The molecule has 0 saturated carbocycles. The Bertz CT molecular complexity index is 580. The van der Waals surface area contributed by atoms with E-state index < -0.39 is 16.8 Å². The molecule has 1 aliphatic rings. The van der Waals surface area contributed by atoms with Crippen LogP contribution >= 0.6 is 0 Å². The second-order valence-electron chi connectivity index (χ2n) is 4.69. The molecule has 0 aliphatic carbocycles. The van der Waals surface area contributed by atoms with Gasteiger partial charge in [0.1, 0.15) is 5.69 Å². The van der Waals surface area contributed by atoms with E-state index in [1.165, 1.54) is 12.1 Å². The van der Waals surface area contributed by atoms with Crippen molar-refractivity contribution in [3.8, 4) is 0 Å². The molecular formula is C12H13N3O5. The number of carbonyl (C=O) groups is 2. The number of rotatable bonds is 5. The summed E-state index contributed by atoms with van der Waals surface area (Å²) in [5, 5.41) is 19.7. The Morgan fingerprint density at radius 1 is 1.45 bits per heavy atom. The van der Waals surface area contributed by atoms with Crippen molar-refractivity contribution in [3.63, 3.8) is 0 Å². The molecule has 1 fully saturated rings. The number of carboxylic acid groups (broad SMARTS) is 1. The number of nitrogens with two attached hydrogens (primary N) is 1. The van der Waals surface area contributed by atoms with Gasteiger partial charge in [0, 0.05) is 30.6 Å². The lowest BCUT2D eigenvalue weighted by molar-refractivity contribution is -0.384. The van der Waals surface area contributed by atoms with Gasteiger partial charge in [-0.25, -0.2) is 0 Å². The molecule has 0 spiro atoms. The van der Waals surface area contributed by atoms with Gasteiger partial charge in [-0.05, 0) is 12.1 Å². The number of primary amides is 1. The van der Waals surface area contributed by atoms with Crippen molar-refractivity contribution in [2.75, 3.05) is 18.0 Å². The molecule has 0 radical (unpaired) electrons. The highest BCUT2D eigenvalue weighted by atomic mass is 16.6. The SMILES string of the molecule is NC(=O)c1ccc(N2CC(CC(=O)O)C2)c([N+](=O)[O-])c1. The van der Waals surface area contributed by atoms with Gasteiger partial charge in [-0.3, -0.25) is 19.7 Å². The van der Waals surface area contributed by atoms with Crippen molar-refractivity contribution in [1.82, 2.24) is 0 Å². The number of hydrogen-bond donors (Lipinski definition) is 2. The van der Waals surface area contributed by atoms with E-state index in [0.29, 0.717) is 18.8 Å². The van der Waals surface area contributed by atoms with Crippen LogP contribution < -0.4 is 10.6 Å². The normalized spacial score (nSPS) is 14.7. The van der Waals surface area contributed by atoms with Crippen LogP contribution in [0.3, 0.4) is 0 Å². The van der Waals surface area contributed by atoms with Gasteiger partial charge in [-0.2, -0.15) is 0 Å². The van der Waals surface area contributed by atoms with E-state index in [1.54, 1.807) is 4.90 Å². The van der Waals surface area contributed by atoms with E-state index >= 15 is 0 Å². The van der Waals surface area contributed by atoms with Gasteiger partial charge in [0.2, 0.25) is 5.91 Å². The molecule has 0 unspecified atom stereocenters. The standard InChI is InChI=1S/C12H13N3O5/c13-12(18)8-1-2-9(10(4-8)15(19)20)14-5-7(6-14)3-11(16)17/h1-2,4,7H,3,5-6H2,(H2,13,18)(H,16,17). The number of aliphatic carboxylic acids is 1. The first-order chi connectivity index (χ1) is 9.38. The number of nitro groups is 1. The number of nitro benzene ring substituents is 1. The molecule has 0 atom stereocenters. The summed E-state index contributed by atoms with van der Waals surface area (Å²) in [6.45, 7) is 0.895. The molecule has 1 aromatic rings. The summed E-state index contributed by atoms with van der Waals surface area (Å²) >= 11 is 0. The molecule has 20 heavy (non-hydrogen) atoms. The summed E-state index contributed by atoms with van der Waals surface area (Å²) < 4.78 is 0. The van der Waals surface area contributed by atoms with Crippen molar-refractivity contribution in [3.05, 3.63) is 33.9 Å². The third-order valence-corrected chi connectivity index (χ3v) is 3.22. The molecule has 1 aromatic carbocycles. The quantitative estimate of drug-likeness (QED) is 0.600. The number of hydrogen-bond acceptors (Lipinski definition) is 5. The minimum atomic E-state index is -0.881. The highest BCUT2D eigenvalue weighted by Crippen LogP contribution is 2.34. The zero-order chi connectivity index (χ0) is 14.9.